The Bertz CT molecular complexity index is 523. The number of halogens is 2. The van der Waals surface area contributed by atoms with Gasteiger partial charge in [0, 0.05) is 9.50 Å². The summed E-state index contributed by atoms with van der Waals surface area (Å²) in [6.07, 6.45) is 0. The molecule has 0 spiro atoms. The monoisotopic (exact) mass is 309 g/mol. The number of hydrogen-bond acceptors (Lipinski definition) is 1. The van der Waals surface area contributed by atoms with E-state index in [-0.39, 0.29) is 0 Å². The molecule has 0 bridgehead atoms. The van der Waals surface area contributed by atoms with Gasteiger partial charge in [0.25, 0.3) is 0 Å². The molecule has 0 aliphatic carbocycles. The standard InChI is InChI=1S/C14H13BrClN/c1-14(17,10-5-3-2-4-6-10)12-8-7-11(15)9-13(12)16/h2-9H,17H2,1H3. The van der Waals surface area contributed by atoms with Gasteiger partial charge in [0.2, 0.25) is 0 Å². The minimum atomic E-state index is -0.584. The van der Waals surface area contributed by atoms with Gasteiger partial charge in [0.05, 0.1) is 5.54 Å². The van der Waals surface area contributed by atoms with Crippen LogP contribution in [0.2, 0.25) is 5.02 Å². The maximum absolute atomic E-state index is 6.41. The third-order valence-electron chi connectivity index (χ3n) is 2.86. The Hall–Kier alpha value is -0.830. The first-order valence-corrected chi connectivity index (χ1v) is 6.49. The normalized spacial score (nSPS) is 14.4. The summed E-state index contributed by atoms with van der Waals surface area (Å²) in [6.45, 7) is 1.97. The van der Waals surface area contributed by atoms with Crippen molar-refractivity contribution in [3.05, 3.63) is 69.2 Å². The molecule has 1 atom stereocenters. The average molecular weight is 311 g/mol. The minimum Gasteiger partial charge on any atom is -0.318 e. The van der Waals surface area contributed by atoms with Gasteiger partial charge in [-0.1, -0.05) is 63.9 Å². The number of rotatable bonds is 2. The van der Waals surface area contributed by atoms with Crippen molar-refractivity contribution in [3.8, 4) is 0 Å². The summed E-state index contributed by atoms with van der Waals surface area (Å²) in [5.41, 5.74) is 7.80. The first-order chi connectivity index (χ1) is 8.01. The first kappa shape index (κ1) is 12.6. The molecule has 1 nitrogen and oxygen atoms in total. The fraction of sp³-hybridized carbons (Fsp3) is 0.143. The van der Waals surface area contributed by atoms with E-state index in [1.54, 1.807) is 0 Å². The summed E-state index contributed by atoms with van der Waals surface area (Å²) < 4.78 is 0.954. The summed E-state index contributed by atoms with van der Waals surface area (Å²) in [7, 11) is 0. The molecule has 3 heteroatoms. The van der Waals surface area contributed by atoms with Crippen molar-refractivity contribution >= 4 is 27.5 Å². The molecule has 2 aromatic rings. The van der Waals surface area contributed by atoms with E-state index in [1.807, 2.05) is 55.5 Å². The van der Waals surface area contributed by atoms with Crippen LogP contribution in [0.1, 0.15) is 18.1 Å². The van der Waals surface area contributed by atoms with Gasteiger partial charge in [-0.2, -0.15) is 0 Å². The quantitative estimate of drug-likeness (QED) is 0.878. The molecule has 0 aliphatic heterocycles. The van der Waals surface area contributed by atoms with Crippen molar-refractivity contribution in [2.24, 2.45) is 5.73 Å². The summed E-state index contributed by atoms with van der Waals surface area (Å²) in [4.78, 5) is 0. The SMILES string of the molecule is CC(N)(c1ccccc1)c1ccc(Br)cc1Cl. The zero-order valence-corrected chi connectivity index (χ0v) is 11.8. The summed E-state index contributed by atoms with van der Waals surface area (Å²) in [5.74, 6) is 0. The van der Waals surface area contributed by atoms with E-state index < -0.39 is 5.54 Å². The lowest BCUT2D eigenvalue weighted by molar-refractivity contribution is 0.603. The van der Waals surface area contributed by atoms with E-state index in [0.717, 1.165) is 15.6 Å². The van der Waals surface area contributed by atoms with Gasteiger partial charge >= 0.3 is 0 Å². The van der Waals surface area contributed by atoms with E-state index in [4.69, 9.17) is 17.3 Å². The lowest BCUT2D eigenvalue weighted by Crippen LogP contribution is -2.34. The van der Waals surface area contributed by atoms with Gasteiger partial charge in [-0.25, -0.2) is 0 Å². The second kappa shape index (κ2) is 4.81. The molecule has 2 N–H and O–H groups in total. The lowest BCUT2D eigenvalue weighted by Gasteiger charge is -2.27. The molecule has 0 saturated carbocycles. The van der Waals surface area contributed by atoms with E-state index in [9.17, 15) is 0 Å². The largest absolute Gasteiger partial charge is 0.318 e. The maximum Gasteiger partial charge on any atom is 0.0651 e. The van der Waals surface area contributed by atoms with Crippen LogP contribution in [-0.2, 0) is 5.54 Å². The van der Waals surface area contributed by atoms with Crippen molar-refractivity contribution in [3.63, 3.8) is 0 Å². The van der Waals surface area contributed by atoms with Crippen molar-refractivity contribution in [2.45, 2.75) is 12.5 Å². The highest BCUT2D eigenvalue weighted by Gasteiger charge is 2.25. The van der Waals surface area contributed by atoms with Crippen LogP contribution in [0, 0.1) is 0 Å². The molecule has 2 aromatic carbocycles. The summed E-state index contributed by atoms with van der Waals surface area (Å²) in [5, 5.41) is 0.674. The van der Waals surface area contributed by atoms with Gasteiger partial charge in [0.1, 0.15) is 0 Å². The van der Waals surface area contributed by atoms with Gasteiger partial charge in [-0.15, -0.1) is 0 Å². The van der Waals surface area contributed by atoms with Crippen LogP contribution >= 0.6 is 27.5 Å². The predicted octanol–water partition coefficient (Wildman–Crippen LogP) is 4.32. The molecule has 0 heterocycles. The van der Waals surface area contributed by atoms with Crippen LogP contribution in [0.3, 0.4) is 0 Å². The van der Waals surface area contributed by atoms with Crippen molar-refractivity contribution < 1.29 is 0 Å². The first-order valence-electron chi connectivity index (χ1n) is 5.32. The molecule has 17 heavy (non-hydrogen) atoms. The Labute approximate surface area is 115 Å². The third-order valence-corrected chi connectivity index (χ3v) is 3.67. The zero-order chi connectivity index (χ0) is 12.5. The van der Waals surface area contributed by atoms with E-state index >= 15 is 0 Å². The molecule has 0 aliphatic rings. The Balaban J connectivity index is 2.52. The topological polar surface area (TPSA) is 26.0 Å². The van der Waals surface area contributed by atoms with E-state index in [2.05, 4.69) is 15.9 Å². The van der Waals surface area contributed by atoms with Crippen LogP contribution in [-0.4, -0.2) is 0 Å². The minimum absolute atomic E-state index is 0.584. The zero-order valence-electron chi connectivity index (χ0n) is 9.45. The Morgan fingerprint density at radius 2 is 1.76 bits per heavy atom. The van der Waals surface area contributed by atoms with Gasteiger partial charge < -0.3 is 5.73 Å². The lowest BCUT2D eigenvalue weighted by atomic mass is 9.86. The van der Waals surface area contributed by atoms with Crippen LogP contribution in [0.5, 0.6) is 0 Å². The fourth-order valence-corrected chi connectivity index (χ4v) is 2.72. The molecular weight excluding hydrogens is 298 g/mol. The van der Waals surface area contributed by atoms with Gasteiger partial charge in [-0.05, 0) is 30.2 Å². The summed E-state index contributed by atoms with van der Waals surface area (Å²) >= 11 is 9.65. The summed E-state index contributed by atoms with van der Waals surface area (Å²) in [6, 6.07) is 15.7. The Morgan fingerprint density at radius 1 is 1.12 bits per heavy atom. The van der Waals surface area contributed by atoms with E-state index in [1.165, 1.54) is 0 Å². The van der Waals surface area contributed by atoms with Crippen LogP contribution in [0.4, 0.5) is 0 Å². The molecule has 0 fully saturated rings. The molecular formula is C14H13BrClN. The molecule has 88 valence electrons. The van der Waals surface area contributed by atoms with Crippen molar-refractivity contribution in [1.29, 1.82) is 0 Å². The maximum atomic E-state index is 6.41. The molecule has 0 saturated heterocycles. The van der Waals surface area contributed by atoms with Crippen molar-refractivity contribution in [2.75, 3.05) is 0 Å². The second-order valence-corrected chi connectivity index (χ2v) is 5.52. The van der Waals surface area contributed by atoms with Crippen LogP contribution in [0.25, 0.3) is 0 Å². The average Bonchev–Trinajstić information content (AvgIpc) is 2.29. The highest BCUT2D eigenvalue weighted by atomic mass is 79.9. The molecule has 0 radical (unpaired) electrons. The van der Waals surface area contributed by atoms with Gasteiger partial charge in [0.15, 0.2) is 0 Å². The number of benzene rings is 2. The Kier molecular flexibility index (Phi) is 3.57. The molecule has 0 amide bonds. The second-order valence-electron chi connectivity index (χ2n) is 4.19. The number of hydrogen-bond donors (Lipinski definition) is 1. The Morgan fingerprint density at radius 3 is 2.35 bits per heavy atom. The highest BCUT2D eigenvalue weighted by Crippen LogP contribution is 2.33. The third kappa shape index (κ3) is 2.54. The number of nitrogens with two attached hydrogens (primary N) is 1. The highest BCUT2D eigenvalue weighted by molar-refractivity contribution is 9.10. The van der Waals surface area contributed by atoms with E-state index in [0.29, 0.717) is 5.02 Å². The smallest absolute Gasteiger partial charge is 0.0651 e. The van der Waals surface area contributed by atoms with Gasteiger partial charge in [-0.3, -0.25) is 0 Å². The van der Waals surface area contributed by atoms with Crippen molar-refractivity contribution in [1.82, 2.24) is 0 Å². The molecule has 1 unspecified atom stereocenters. The fourth-order valence-electron chi connectivity index (χ4n) is 1.85. The molecule has 0 aromatic heterocycles. The van der Waals surface area contributed by atoms with Crippen LogP contribution < -0.4 is 5.73 Å². The predicted molar refractivity (Wildman–Crippen MR) is 76.2 cm³/mol. The molecule has 2 rings (SSSR count). The van der Waals surface area contributed by atoms with Crippen LogP contribution in [0.15, 0.2) is 53.0 Å².